The van der Waals surface area contributed by atoms with Crippen molar-refractivity contribution in [1.82, 2.24) is 19.4 Å². The lowest BCUT2D eigenvalue weighted by molar-refractivity contribution is -0.139. The number of nitrogens with zero attached hydrogens (tertiary/aromatic N) is 3. The first-order valence-corrected chi connectivity index (χ1v) is 14.5. The molecule has 1 atom stereocenters. The zero-order valence-corrected chi connectivity index (χ0v) is 24.4. The summed E-state index contributed by atoms with van der Waals surface area (Å²) < 4.78 is 53.7. The predicted molar refractivity (Wildman–Crippen MR) is 158 cm³/mol. The fourth-order valence-corrected chi connectivity index (χ4v) is 5.48. The maximum atomic E-state index is 14.8. The molecule has 5 aromatic rings. The highest BCUT2D eigenvalue weighted by molar-refractivity contribution is 7.92. The molecule has 5 rings (SSSR count). The number of nitrogens with one attached hydrogen (secondary N) is 2. The molecule has 0 unspecified atom stereocenters. The zero-order valence-electron chi connectivity index (χ0n) is 23.6. The monoisotopic (exact) mass is 637 g/mol. The Morgan fingerprint density at radius 3 is 2.47 bits per heavy atom. The number of amides is 1. The van der Waals surface area contributed by atoms with Crippen LogP contribution in [0.4, 0.5) is 10.1 Å². The number of hydrogen-bond acceptors (Lipinski definition) is 9. The third-order valence-electron chi connectivity index (χ3n) is 6.80. The van der Waals surface area contributed by atoms with E-state index in [4.69, 9.17) is 9.15 Å². The van der Waals surface area contributed by atoms with Gasteiger partial charge in [-0.3, -0.25) is 18.9 Å². The van der Waals surface area contributed by atoms with E-state index in [-0.39, 0.29) is 29.1 Å². The predicted octanol–water partition coefficient (Wildman–Crippen LogP) is 2.05. The summed E-state index contributed by atoms with van der Waals surface area (Å²) >= 11 is 0. The van der Waals surface area contributed by atoms with E-state index in [2.05, 4.69) is 15.0 Å². The van der Waals surface area contributed by atoms with Crippen LogP contribution < -0.4 is 26.0 Å². The Morgan fingerprint density at radius 2 is 1.84 bits per heavy atom. The third-order valence-corrected chi connectivity index (χ3v) is 8.07. The van der Waals surface area contributed by atoms with E-state index < -0.39 is 55.7 Å². The molecule has 3 N–H and O–H groups in total. The highest BCUT2D eigenvalue weighted by Gasteiger charge is 2.24. The van der Waals surface area contributed by atoms with Gasteiger partial charge in [0.05, 0.1) is 47.4 Å². The molecule has 2 aromatic carbocycles. The number of methoxy groups -OCH3 is 1. The van der Waals surface area contributed by atoms with E-state index in [1.807, 2.05) is 0 Å². The van der Waals surface area contributed by atoms with E-state index >= 15 is 0 Å². The second-order valence-corrected chi connectivity index (χ2v) is 11.3. The van der Waals surface area contributed by atoms with Crippen LogP contribution in [0.1, 0.15) is 15.9 Å². The lowest BCUT2D eigenvalue weighted by atomic mass is 10.0. The molecule has 3 heterocycles. The molecule has 0 fully saturated rings. The van der Waals surface area contributed by atoms with Gasteiger partial charge >= 0.3 is 11.7 Å². The van der Waals surface area contributed by atoms with Gasteiger partial charge in [0.15, 0.2) is 0 Å². The molecule has 0 aliphatic heterocycles. The first kappa shape index (κ1) is 30.7. The average molecular weight is 638 g/mol. The molecule has 0 radical (unpaired) electrons. The van der Waals surface area contributed by atoms with Gasteiger partial charge in [-0.15, -0.1) is 0 Å². The number of furan rings is 1. The van der Waals surface area contributed by atoms with Gasteiger partial charge in [0.25, 0.3) is 21.5 Å². The Labute approximate surface area is 253 Å². The SMILES string of the molecule is COc1cc2c(=O)n(-c3ccc(C[C@H](NC(=O)c4ccc(NS(=O)(=O)c5ccco5)cc4F)C(=O)O)cc3)c(=O)n(C)c2cn1. The topological polar surface area (TPSA) is 192 Å². The molecular weight excluding hydrogens is 613 g/mol. The fraction of sp³-hybridized carbons (Fsp3) is 0.138. The number of anilines is 1. The van der Waals surface area contributed by atoms with Crippen LogP contribution in [0.15, 0.2) is 92.2 Å². The largest absolute Gasteiger partial charge is 0.481 e. The molecular formula is C29H24FN5O9S. The first-order valence-electron chi connectivity index (χ1n) is 13.0. The fourth-order valence-electron chi connectivity index (χ4n) is 4.50. The number of sulfonamides is 1. The number of carbonyl (C=O) groups excluding carboxylic acids is 1. The Morgan fingerprint density at radius 1 is 1.11 bits per heavy atom. The molecule has 45 heavy (non-hydrogen) atoms. The van der Waals surface area contributed by atoms with Gasteiger partial charge in [-0.25, -0.2) is 23.5 Å². The van der Waals surface area contributed by atoms with Gasteiger partial charge < -0.3 is 19.6 Å². The minimum atomic E-state index is -4.13. The van der Waals surface area contributed by atoms with Crippen LogP contribution in [-0.4, -0.2) is 52.7 Å². The van der Waals surface area contributed by atoms with Crippen molar-refractivity contribution in [2.75, 3.05) is 11.8 Å². The molecule has 232 valence electrons. The number of benzene rings is 2. The van der Waals surface area contributed by atoms with Crippen LogP contribution in [0, 0.1) is 5.82 Å². The van der Waals surface area contributed by atoms with E-state index in [9.17, 15) is 37.1 Å². The van der Waals surface area contributed by atoms with Crippen LogP contribution in [0.3, 0.4) is 0 Å². The van der Waals surface area contributed by atoms with Gasteiger partial charge in [-0.2, -0.15) is 8.42 Å². The van der Waals surface area contributed by atoms with Crippen molar-refractivity contribution in [2.45, 2.75) is 17.6 Å². The zero-order chi connectivity index (χ0) is 32.5. The smallest absolute Gasteiger partial charge is 0.335 e. The van der Waals surface area contributed by atoms with Crippen molar-refractivity contribution >= 4 is 38.5 Å². The minimum Gasteiger partial charge on any atom is -0.481 e. The number of carboxylic acid groups (broad SMARTS) is 1. The summed E-state index contributed by atoms with van der Waals surface area (Å²) in [7, 11) is -1.25. The van der Waals surface area contributed by atoms with Gasteiger partial charge in [0, 0.05) is 19.5 Å². The molecule has 1 amide bonds. The van der Waals surface area contributed by atoms with Gasteiger partial charge in [-0.1, -0.05) is 12.1 Å². The summed E-state index contributed by atoms with van der Waals surface area (Å²) in [6.45, 7) is 0. The van der Waals surface area contributed by atoms with Crippen LogP contribution in [0.25, 0.3) is 16.6 Å². The molecule has 16 heteroatoms. The van der Waals surface area contributed by atoms with E-state index in [1.54, 1.807) is 0 Å². The van der Waals surface area contributed by atoms with E-state index in [0.717, 1.165) is 29.0 Å². The van der Waals surface area contributed by atoms with Gasteiger partial charge in [0.1, 0.15) is 11.9 Å². The van der Waals surface area contributed by atoms with E-state index in [1.165, 1.54) is 67.4 Å². The molecule has 3 aromatic heterocycles. The maximum absolute atomic E-state index is 14.8. The highest BCUT2D eigenvalue weighted by Crippen LogP contribution is 2.20. The summed E-state index contributed by atoms with van der Waals surface area (Å²) in [5.41, 5.74) is -1.01. The van der Waals surface area contributed by atoms with Crippen molar-refractivity contribution in [3.05, 3.63) is 111 Å². The van der Waals surface area contributed by atoms with Crippen LogP contribution in [0.5, 0.6) is 5.88 Å². The maximum Gasteiger partial charge on any atom is 0.335 e. The summed E-state index contributed by atoms with van der Waals surface area (Å²) in [4.78, 5) is 55.0. The molecule has 0 saturated heterocycles. The van der Waals surface area contributed by atoms with Crippen molar-refractivity contribution in [3.8, 4) is 11.6 Å². The highest BCUT2D eigenvalue weighted by atomic mass is 32.2. The molecule has 0 saturated carbocycles. The average Bonchev–Trinajstić information content (AvgIpc) is 3.56. The molecule has 0 aliphatic rings. The molecule has 14 nitrogen and oxygen atoms in total. The number of aromatic nitrogens is 3. The number of pyridine rings is 1. The van der Waals surface area contributed by atoms with Crippen LogP contribution in [-0.2, 0) is 28.3 Å². The number of aryl methyl sites for hydroxylation is 1. The third kappa shape index (κ3) is 6.16. The standard InChI is InChI=1S/C29H24FN5O9S/c1-34-23-15-31-24(43-2)14-20(23)27(37)35(29(34)40)18-8-5-16(6-9-18)12-22(28(38)39)32-26(36)19-10-7-17(13-21(19)30)33-45(41,42)25-4-3-11-44-25/h3-11,13-15,22,33H,12H2,1-2H3,(H,32,36)(H,38,39)/t22-/m0/s1. The van der Waals surface area contributed by atoms with Gasteiger partial charge in [-0.05, 0) is 48.0 Å². The lowest BCUT2D eigenvalue weighted by Gasteiger charge is -2.16. The first-order chi connectivity index (χ1) is 21.4. The van der Waals surface area contributed by atoms with Crippen LogP contribution in [0.2, 0.25) is 0 Å². The van der Waals surface area contributed by atoms with Crippen LogP contribution >= 0.6 is 0 Å². The second kappa shape index (κ2) is 12.1. The molecule has 0 aliphatic carbocycles. The minimum absolute atomic E-state index is 0.187. The Balaban J connectivity index is 1.33. The number of fused-ring (bicyclic) bond motifs is 1. The van der Waals surface area contributed by atoms with E-state index in [0.29, 0.717) is 11.1 Å². The number of rotatable bonds is 10. The molecule has 0 bridgehead atoms. The normalized spacial score (nSPS) is 12.1. The Hall–Kier alpha value is -5.77. The number of ether oxygens (including phenoxy) is 1. The van der Waals surface area contributed by atoms with Crippen molar-refractivity contribution < 1.29 is 36.7 Å². The van der Waals surface area contributed by atoms with Crippen molar-refractivity contribution in [2.24, 2.45) is 7.05 Å². The quantitative estimate of drug-likeness (QED) is 0.204. The number of aliphatic carboxylic acids is 1. The molecule has 0 spiro atoms. The summed E-state index contributed by atoms with van der Waals surface area (Å²) in [6.07, 6.45) is 2.28. The number of hydrogen-bond donors (Lipinski definition) is 3. The van der Waals surface area contributed by atoms with Crippen molar-refractivity contribution in [3.63, 3.8) is 0 Å². The second-order valence-electron chi connectivity index (χ2n) is 9.69. The number of halogens is 1. The lowest BCUT2D eigenvalue weighted by Crippen LogP contribution is -2.42. The van der Waals surface area contributed by atoms with Gasteiger partial charge in [0.2, 0.25) is 11.0 Å². The number of carbonyl (C=O) groups is 2. The Kier molecular flexibility index (Phi) is 8.24. The number of carboxylic acids is 1. The summed E-state index contributed by atoms with van der Waals surface area (Å²) in [6, 6.07) is 11.3. The van der Waals surface area contributed by atoms with Crippen molar-refractivity contribution in [1.29, 1.82) is 0 Å². The summed E-state index contributed by atoms with van der Waals surface area (Å²) in [5.74, 6) is -3.37. The summed E-state index contributed by atoms with van der Waals surface area (Å²) in [5, 5.41) is 11.8. The Bertz CT molecular complexity index is 2160.